The molecule has 0 spiro atoms. The predicted molar refractivity (Wildman–Crippen MR) is 103 cm³/mol. The molecule has 1 fully saturated rings. The van der Waals surface area contributed by atoms with Crippen LogP contribution in [-0.4, -0.2) is 45.7 Å². The van der Waals surface area contributed by atoms with Gasteiger partial charge in [0, 0.05) is 19.2 Å². The summed E-state index contributed by atoms with van der Waals surface area (Å²) in [5, 5.41) is 0. The molecule has 1 saturated heterocycles. The Labute approximate surface area is 159 Å². The van der Waals surface area contributed by atoms with Gasteiger partial charge >= 0.3 is 0 Å². The van der Waals surface area contributed by atoms with E-state index in [1.54, 1.807) is 6.07 Å². The van der Waals surface area contributed by atoms with E-state index in [4.69, 9.17) is 9.47 Å². The zero-order chi connectivity index (χ0) is 19.4. The highest BCUT2D eigenvalue weighted by atomic mass is 32.2. The van der Waals surface area contributed by atoms with Crippen LogP contribution in [0.2, 0.25) is 0 Å². The van der Waals surface area contributed by atoms with Crippen LogP contribution in [0.3, 0.4) is 0 Å². The smallest absolute Gasteiger partial charge is 0.262 e. The summed E-state index contributed by atoms with van der Waals surface area (Å²) < 4.78 is 38.0. The minimum Gasteiger partial charge on any atom is -0.493 e. The number of rotatable bonds is 6. The zero-order valence-electron chi connectivity index (χ0n) is 15.7. The van der Waals surface area contributed by atoms with Gasteiger partial charge in [-0.2, -0.15) is 0 Å². The number of sulfonamides is 1. The number of methoxy groups -OCH3 is 2. The number of piperidine rings is 1. The first kappa shape index (κ1) is 19.2. The number of benzene rings is 1. The molecule has 0 bridgehead atoms. The molecule has 3 rings (SSSR count). The molecule has 0 aliphatic carbocycles. The van der Waals surface area contributed by atoms with Gasteiger partial charge in [0.25, 0.3) is 10.0 Å². The van der Waals surface area contributed by atoms with Crippen LogP contribution in [0.1, 0.15) is 19.8 Å². The highest BCUT2D eigenvalue weighted by molar-refractivity contribution is 7.92. The monoisotopic (exact) mass is 392 g/mol. The van der Waals surface area contributed by atoms with Gasteiger partial charge < -0.3 is 14.4 Å². The molecule has 1 aromatic carbocycles. The van der Waals surface area contributed by atoms with Crippen LogP contribution in [0.4, 0.5) is 11.6 Å². The second kappa shape index (κ2) is 7.99. The third kappa shape index (κ3) is 4.41. The zero-order valence-corrected chi connectivity index (χ0v) is 16.5. The van der Waals surface area contributed by atoms with E-state index in [1.807, 2.05) is 0 Å². The predicted octanol–water partition coefficient (Wildman–Crippen LogP) is 2.53. The Hall–Kier alpha value is -2.55. The van der Waals surface area contributed by atoms with Crippen molar-refractivity contribution in [3.8, 4) is 11.5 Å². The fourth-order valence-electron chi connectivity index (χ4n) is 2.94. The molecule has 2 aromatic rings. The van der Waals surface area contributed by atoms with Crippen molar-refractivity contribution in [1.82, 2.24) is 9.97 Å². The van der Waals surface area contributed by atoms with Crippen molar-refractivity contribution in [3.63, 3.8) is 0 Å². The number of anilines is 2. The maximum Gasteiger partial charge on any atom is 0.262 e. The summed E-state index contributed by atoms with van der Waals surface area (Å²) in [4.78, 5) is 10.8. The number of aromatic nitrogens is 2. The molecule has 0 radical (unpaired) electrons. The Kier molecular flexibility index (Phi) is 5.69. The Bertz CT molecular complexity index is 879. The lowest BCUT2D eigenvalue weighted by atomic mass is 10.00. The van der Waals surface area contributed by atoms with Crippen LogP contribution in [0.25, 0.3) is 0 Å². The van der Waals surface area contributed by atoms with Gasteiger partial charge in [0.05, 0.1) is 37.2 Å². The van der Waals surface area contributed by atoms with Gasteiger partial charge in [-0.1, -0.05) is 6.92 Å². The van der Waals surface area contributed by atoms with Crippen LogP contribution in [0.5, 0.6) is 11.5 Å². The second-order valence-electron chi connectivity index (χ2n) is 6.56. The van der Waals surface area contributed by atoms with Gasteiger partial charge in [-0.15, -0.1) is 0 Å². The number of nitrogens with one attached hydrogen (secondary N) is 1. The highest BCUT2D eigenvalue weighted by Crippen LogP contribution is 2.30. The van der Waals surface area contributed by atoms with E-state index < -0.39 is 10.0 Å². The Morgan fingerprint density at radius 2 is 1.70 bits per heavy atom. The summed E-state index contributed by atoms with van der Waals surface area (Å²) in [7, 11) is -0.849. The molecule has 1 aliphatic heterocycles. The molecular formula is C18H24N4O4S. The first-order chi connectivity index (χ1) is 12.9. The van der Waals surface area contributed by atoms with Crippen molar-refractivity contribution in [3.05, 3.63) is 30.6 Å². The van der Waals surface area contributed by atoms with Crippen molar-refractivity contribution >= 4 is 21.7 Å². The van der Waals surface area contributed by atoms with Crippen LogP contribution in [0.15, 0.2) is 35.5 Å². The number of nitrogens with zero attached hydrogens (tertiary/aromatic N) is 3. The minimum atomic E-state index is -3.80. The lowest BCUT2D eigenvalue weighted by Gasteiger charge is -2.30. The molecule has 0 atom stereocenters. The van der Waals surface area contributed by atoms with E-state index in [2.05, 4.69) is 26.5 Å². The maximum atomic E-state index is 12.6. The third-order valence-corrected chi connectivity index (χ3v) is 6.00. The van der Waals surface area contributed by atoms with Crippen LogP contribution in [-0.2, 0) is 10.0 Å². The Morgan fingerprint density at radius 3 is 2.30 bits per heavy atom. The summed E-state index contributed by atoms with van der Waals surface area (Å²) in [6, 6.07) is 4.41. The quantitative estimate of drug-likeness (QED) is 0.807. The number of hydrogen-bond acceptors (Lipinski definition) is 7. The van der Waals surface area contributed by atoms with E-state index in [0.29, 0.717) is 29.1 Å². The molecule has 1 N–H and O–H groups in total. The van der Waals surface area contributed by atoms with Crippen molar-refractivity contribution in [2.24, 2.45) is 5.92 Å². The summed E-state index contributed by atoms with van der Waals surface area (Å²) in [6.45, 7) is 4.07. The van der Waals surface area contributed by atoms with Crippen LogP contribution < -0.4 is 19.1 Å². The van der Waals surface area contributed by atoms with Gasteiger partial charge in [-0.3, -0.25) is 4.72 Å². The van der Waals surface area contributed by atoms with Gasteiger partial charge in [-0.25, -0.2) is 18.4 Å². The van der Waals surface area contributed by atoms with Crippen molar-refractivity contribution in [2.45, 2.75) is 24.7 Å². The fraction of sp³-hybridized carbons (Fsp3) is 0.444. The lowest BCUT2D eigenvalue weighted by Crippen LogP contribution is -2.34. The van der Waals surface area contributed by atoms with Crippen LogP contribution in [0, 0.1) is 5.92 Å². The summed E-state index contributed by atoms with van der Waals surface area (Å²) >= 11 is 0. The third-order valence-electron chi connectivity index (χ3n) is 4.62. The Balaban J connectivity index is 1.74. The minimum absolute atomic E-state index is 0.0641. The molecule has 1 aromatic heterocycles. The van der Waals surface area contributed by atoms with Crippen LogP contribution >= 0.6 is 0 Å². The summed E-state index contributed by atoms with van der Waals surface area (Å²) in [5.41, 5.74) is 0.305. The molecular weight excluding hydrogens is 368 g/mol. The topological polar surface area (TPSA) is 93.7 Å². The average Bonchev–Trinajstić information content (AvgIpc) is 2.68. The first-order valence-electron chi connectivity index (χ1n) is 8.75. The van der Waals surface area contributed by atoms with E-state index in [-0.39, 0.29) is 4.90 Å². The van der Waals surface area contributed by atoms with Gasteiger partial charge in [0.1, 0.15) is 0 Å². The van der Waals surface area contributed by atoms with Gasteiger partial charge in [0.15, 0.2) is 11.5 Å². The standard InChI is InChI=1S/C18H24N4O4S/c1-13-6-8-22(9-7-13)18-19-11-14(12-20-18)21-27(23,24)15-4-5-16(25-2)17(10-15)26-3/h4-5,10-13,21H,6-9H2,1-3H3. The fourth-order valence-corrected chi connectivity index (χ4v) is 3.99. The average molecular weight is 392 g/mol. The molecule has 8 nitrogen and oxygen atoms in total. The van der Waals surface area contributed by atoms with E-state index in [0.717, 1.165) is 25.9 Å². The van der Waals surface area contributed by atoms with E-state index >= 15 is 0 Å². The molecule has 0 amide bonds. The van der Waals surface area contributed by atoms with Crippen molar-refractivity contribution in [2.75, 3.05) is 36.9 Å². The van der Waals surface area contributed by atoms with E-state index in [1.165, 1.54) is 38.7 Å². The summed E-state index contributed by atoms with van der Waals surface area (Å²) in [5.74, 6) is 2.14. The first-order valence-corrected chi connectivity index (χ1v) is 10.2. The van der Waals surface area contributed by atoms with E-state index in [9.17, 15) is 8.42 Å². The Morgan fingerprint density at radius 1 is 1.07 bits per heavy atom. The van der Waals surface area contributed by atoms with Gasteiger partial charge in [-0.05, 0) is 30.9 Å². The molecule has 27 heavy (non-hydrogen) atoms. The number of hydrogen-bond donors (Lipinski definition) is 1. The second-order valence-corrected chi connectivity index (χ2v) is 8.25. The highest BCUT2D eigenvalue weighted by Gasteiger charge is 2.20. The SMILES string of the molecule is COc1ccc(S(=O)(=O)Nc2cnc(N3CCC(C)CC3)nc2)cc1OC. The number of ether oxygens (including phenoxy) is 2. The largest absolute Gasteiger partial charge is 0.493 e. The van der Waals surface area contributed by atoms with Gasteiger partial charge in [0.2, 0.25) is 5.95 Å². The van der Waals surface area contributed by atoms with Crippen molar-refractivity contribution < 1.29 is 17.9 Å². The molecule has 0 saturated carbocycles. The molecule has 0 unspecified atom stereocenters. The maximum absolute atomic E-state index is 12.6. The summed E-state index contributed by atoms with van der Waals surface area (Å²) in [6.07, 6.45) is 5.19. The normalized spacial score (nSPS) is 15.4. The molecule has 146 valence electrons. The molecule has 1 aliphatic rings. The molecule has 2 heterocycles. The molecule has 9 heteroatoms. The van der Waals surface area contributed by atoms with Crippen molar-refractivity contribution in [1.29, 1.82) is 0 Å². The lowest BCUT2D eigenvalue weighted by molar-refractivity contribution is 0.354.